The van der Waals surface area contributed by atoms with Gasteiger partial charge in [-0.1, -0.05) is 51.0 Å². The van der Waals surface area contributed by atoms with E-state index >= 15 is 0 Å². The Morgan fingerprint density at radius 2 is 2.03 bits per heavy atom. The van der Waals surface area contributed by atoms with Crippen LogP contribution in [0.5, 0.6) is 0 Å². The first-order valence-corrected chi connectivity index (χ1v) is 14.5. The first-order valence-electron chi connectivity index (χ1n) is 14.5. The van der Waals surface area contributed by atoms with Crippen molar-refractivity contribution in [3.05, 3.63) is 71.1 Å². The first kappa shape index (κ1) is 28.5. The van der Waals surface area contributed by atoms with E-state index in [4.69, 9.17) is 16.7 Å². The number of hydrogen-bond donors (Lipinski definition) is 1. The summed E-state index contributed by atoms with van der Waals surface area (Å²) in [4.78, 5) is 13.7. The minimum atomic E-state index is 0.476. The predicted molar refractivity (Wildman–Crippen MR) is 162 cm³/mol. The molecule has 0 amide bonds. The summed E-state index contributed by atoms with van der Waals surface area (Å²) in [5, 5.41) is 9.14. The largest absolute Gasteiger partial charge is 0.372 e. The van der Waals surface area contributed by atoms with Gasteiger partial charge in [0.2, 0.25) is 0 Å². The fourth-order valence-electron chi connectivity index (χ4n) is 5.87. The van der Waals surface area contributed by atoms with Crippen molar-refractivity contribution in [3.63, 3.8) is 0 Å². The molecule has 5 heteroatoms. The van der Waals surface area contributed by atoms with Crippen LogP contribution < -0.4 is 0 Å². The zero-order valence-electron chi connectivity index (χ0n) is 24.0. The summed E-state index contributed by atoms with van der Waals surface area (Å²) < 4.78 is 0. The molecule has 204 valence electrons. The summed E-state index contributed by atoms with van der Waals surface area (Å²) in [7, 11) is 2.19. The molecular weight excluding hydrogens is 478 g/mol. The Balaban J connectivity index is 1.49. The SMILES string of the molecule is C#C/C=C(C#N)\C=C/CC1CCN(C(=C)c2ccc(C(C)CCC)c(-c3nc4c([nH]3)CCN(C)CC4)c2)CC1. The molecule has 3 heterocycles. The maximum Gasteiger partial charge on any atom is 0.138 e. The number of hydrogen-bond acceptors (Lipinski definition) is 4. The Morgan fingerprint density at radius 1 is 1.26 bits per heavy atom. The minimum absolute atomic E-state index is 0.476. The number of fused-ring (bicyclic) bond motifs is 1. The van der Waals surface area contributed by atoms with Gasteiger partial charge in [0.1, 0.15) is 5.82 Å². The van der Waals surface area contributed by atoms with Crippen LogP contribution in [0.4, 0.5) is 0 Å². The molecule has 1 saturated heterocycles. The van der Waals surface area contributed by atoms with Crippen LogP contribution in [0.25, 0.3) is 17.1 Å². The highest BCUT2D eigenvalue weighted by molar-refractivity contribution is 5.71. The number of nitriles is 1. The zero-order chi connectivity index (χ0) is 27.8. The smallest absolute Gasteiger partial charge is 0.138 e. The fraction of sp³-hybridized carbons (Fsp3) is 0.471. The quantitative estimate of drug-likeness (QED) is 0.226. The molecule has 2 aliphatic rings. The molecule has 1 N–H and O–H groups in total. The van der Waals surface area contributed by atoms with Gasteiger partial charge in [0.15, 0.2) is 0 Å². The van der Waals surface area contributed by atoms with Gasteiger partial charge < -0.3 is 14.8 Å². The number of nitrogens with one attached hydrogen (secondary N) is 1. The fourth-order valence-corrected chi connectivity index (χ4v) is 5.87. The molecular formula is C34H43N5. The van der Waals surface area contributed by atoms with Gasteiger partial charge in [-0.05, 0) is 67.8 Å². The summed E-state index contributed by atoms with van der Waals surface area (Å²) >= 11 is 0. The van der Waals surface area contributed by atoms with Gasteiger partial charge in [-0.3, -0.25) is 0 Å². The van der Waals surface area contributed by atoms with Gasteiger partial charge in [-0.15, -0.1) is 6.42 Å². The van der Waals surface area contributed by atoms with Crippen LogP contribution in [0.2, 0.25) is 0 Å². The molecule has 1 unspecified atom stereocenters. The van der Waals surface area contributed by atoms with E-state index in [1.807, 2.05) is 6.08 Å². The Hall–Kier alpha value is -3.54. The summed E-state index contributed by atoms with van der Waals surface area (Å²) in [5.41, 5.74) is 7.93. The third-order valence-electron chi connectivity index (χ3n) is 8.36. The van der Waals surface area contributed by atoms with Crippen LogP contribution in [-0.2, 0) is 12.8 Å². The van der Waals surface area contributed by atoms with Gasteiger partial charge in [0, 0.05) is 62.1 Å². The summed E-state index contributed by atoms with van der Waals surface area (Å²) in [5.74, 6) is 4.53. The average molecular weight is 522 g/mol. The lowest BCUT2D eigenvalue weighted by molar-refractivity contribution is 0.257. The van der Waals surface area contributed by atoms with Crippen molar-refractivity contribution >= 4 is 5.70 Å². The number of likely N-dealkylation sites (N-methyl/N-ethyl adjacent to an activating group) is 1. The Kier molecular flexibility index (Phi) is 9.85. The number of aromatic nitrogens is 2. The van der Waals surface area contributed by atoms with Crippen molar-refractivity contribution in [2.45, 2.75) is 64.7 Å². The third kappa shape index (κ3) is 7.11. The molecule has 0 spiro atoms. The van der Waals surface area contributed by atoms with Crippen molar-refractivity contribution in [3.8, 4) is 29.8 Å². The average Bonchev–Trinajstić information content (AvgIpc) is 3.29. The molecule has 1 aromatic heterocycles. The Bertz CT molecular complexity index is 1260. The number of aromatic amines is 1. The second kappa shape index (κ2) is 13.5. The van der Waals surface area contributed by atoms with Crippen molar-refractivity contribution in [1.29, 1.82) is 5.26 Å². The molecule has 1 fully saturated rings. The molecule has 5 nitrogen and oxygen atoms in total. The lowest BCUT2D eigenvalue weighted by Gasteiger charge is -2.35. The van der Waals surface area contributed by atoms with Gasteiger partial charge in [0.05, 0.1) is 17.3 Å². The number of terminal acetylenes is 1. The number of H-pyrrole nitrogens is 1. The number of nitrogens with zero attached hydrogens (tertiary/aromatic N) is 4. The summed E-state index contributed by atoms with van der Waals surface area (Å²) in [6.45, 7) is 13.2. The highest BCUT2D eigenvalue weighted by Gasteiger charge is 2.23. The van der Waals surface area contributed by atoms with Crippen LogP contribution in [0, 0.1) is 29.6 Å². The molecule has 39 heavy (non-hydrogen) atoms. The van der Waals surface area contributed by atoms with Gasteiger partial charge in [-0.25, -0.2) is 4.98 Å². The summed E-state index contributed by atoms with van der Waals surface area (Å²) in [6, 6.07) is 9.03. The van der Waals surface area contributed by atoms with Crippen LogP contribution >= 0.6 is 0 Å². The molecule has 1 aromatic carbocycles. The Labute approximate surface area is 235 Å². The van der Waals surface area contributed by atoms with E-state index in [0.29, 0.717) is 17.4 Å². The minimum Gasteiger partial charge on any atom is -0.372 e. The molecule has 0 bridgehead atoms. The number of rotatable bonds is 9. The first-order chi connectivity index (χ1) is 18.9. The van der Waals surface area contributed by atoms with E-state index in [0.717, 1.165) is 82.6 Å². The second-order valence-electron chi connectivity index (χ2n) is 11.2. The number of allylic oxidation sites excluding steroid dienone is 4. The molecule has 2 aliphatic heterocycles. The highest BCUT2D eigenvalue weighted by Crippen LogP contribution is 2.35. The Morgan fingerprint density at radius 3 is 2.74 bits per heavy atom. The van der Waals surface area contributed by atoms with Gasteiger partial charge in [-0.2, -0.15) is 5.26 Å². The van der Waals surface area contributed by atoms with Crippen LogP contribution in [0.15, 0.2) is 48.6 Å². The predicted octanol–water partition coefficient (Wildman–Crippen LogP) is 6.72. The molecule has 0 saturated carbocycles. The number of imidazole rings is 1. The molecule has 4 rings (SSSR count). The molecule has 0 radical (unpaired) electrons. The van der Waals surface area contributed by atoms with Crippen LogP contribution in [0.3, 0.4) is 0 Å². The second-order valence-corrected chi connectivity index (χ2v) is 11.2. The van der Waals surface area contributed by atoms with Crippen molar-refractivity contribution in [2.24, 2.45) is 5.92 Å². The number of piperidine rings is 1. The highest BCUT2D eigenvalue weighted by atomic mass is 15.1. The van der Waals surface area contributed by atoms with E-state index in [1.165, 1.54) is 34.2 Å². The number of benzene rings is 1. The lowest BCUT2D eigenvalue weighted by Crippen LogP contribution is -2.32. The van der Waals surface area contributed by atoms with Crippen molar-refractivity contribution in [2.75, 3.05) is 33.2 Å². The number of likely N-dealkylation sites (tertiary alicyclic amines) is 1. The third-order valence-corrected chi connectivity index (χ3v) is 8.36. The molecule has 0 aliphatic carbocycles. The lowest BCUT2D eigenvalue weighted by atomic mass is 9.89. The topological polar surface area (TPSA) is 59.0 Å². The van der Waals surface area contributed by atoms with Crippen LogP contribution in [0.1, 0.15) is 74.4 Å². The monoisotopic (exact) mass is 521 g/mol. The summed E-state index contributed by atoms with van der Waals surface area (Å²) in [6.07, 6.45) is 18.3. The van der Waals surface area contributed by atoms with E-state index in [9.17, 15) is 0 Å². The maximum atomic E-state index is 9.14. The van der Waals surface area contributed by atoms with Gasteiger partial charge in [0.25, 0.3) is 0 Å². The normalized spacial score (nSPS) is 17.9. The molecule has 2 aromatic rings. The van der Waals surface area contributed by atoms with Gasteiger partial charge >= 0.3 is 0 Å². The molecule has 1 atom stereocenters. The zero-order valence-corrected chi connectivity index (χ0v) is 24.0. The van der Waals surface area contributed by atoms with E-state index in [2.05, 4.69) is 78.5 Å². The van der Waals surface area contributed by atoms with E-state index in [1.54, 1.807) is 0 Å². The standard InChI is InChI=1S/C34H43N5/c1-6-9-25(3)30-14-13-29(23-31(30)34-36-32-17-19-38(5)20-18-33(32)37-34)26(4)39-21-15-27(16-22-39)11-8-12-28(24-35)10-7-2/h2,8,10,12-14,23,25,27H,4,6,9,11,15-22H2,1,3,5H3,(H,36,37)/b12-8-,28-10+. The maximum absolute atomic E-state index is 9.14. The van der Waals surface area contributed by atoms with Crippen LogP contribution in [-0.4, -0.2) is 53.0 Å². The van der Waals surface area contributed by atoms with E-state index in [-0.39, 0.29) is 0 Å². The van der Waals surface area contributed by atoms with E-state index < -0.39 is 0 Å². The van der Waals surface area contributed by atoms with Crippen molar-refractivity contribution in [1.82, 2.24) is 19.8 Å². The van der Waals surface area contributed by atoms with Crippen molar-refractivity contribution < 1.29 is 0 Å².